The van der Waals surface area contributed by atoms with E-state index in [0.29, 0.717) is 12.8 Å². The number of nitrogens with two attached hydrogens (primary N) is 1. The lowest BCUT2D eigenvalue weighted by Crippen LogP contribution is -2.55. The predicted molar refractivity (Wildman–Crippen MR) is 103 cm³/mol. The first-order valence-corrected chi connectivity index (χ1v) is 9.27. The Morgan fingerprint density at radius 1 is 1.24 bits per heavy atom. The molecule has 0 unspecified atom stereocenters. The zero-order valence-corrected chi connectivity index (χ0v) is 16.0. The van der Waals surface area contributed by atoms with E-state index in [-0.39, 0.29) is 0 Å². The van der Waals surface area contributed by atoms with Crippen LogP contribution in [0.25, 0.3) is 0 Å². The number of ether oxygens (including phenoxy) is 1. The Bertz CT molecular complexity index is 649. The Morgan fingerprint density at radius 2 is 1.92 bits per heavy atom. The summed E-state index contributed by atoms with van der Waals surface area (Å²) in [6.45, 7) is 6.51. The first-order valence-electron chi connectivity index (χ1n) is 9.27. The van der Waals surface area contributed by atoms with Crippen molar-refractivity contribution in [1.29, 1.82) is 0 Å². The molecule has 1 saturated heterocycles. The fraction of sp³-hybridized carbons (Fsp3) is 0.600. The highest BCUT2D eigenvalue weighted by molar-refractivity contribution is 6.34. The Labute approximate surface area is 152 Å². The molecule has 0 spiro atoms. The zero-order valence-electron chi connectivity index (χ0n) is 16.0. The molecule has 2 rings (SSSR count). The molecule has 0 saturated carbocycles. The standard InChI is InChI=1S/C20H30BNO3/c1-4-14(2)7-5-8-15(3)9-6-10-16-11-12-19(21)17(23)25-18(24)20(19,22)13-16/h7,9,11H,4-6,8,10,12-13,21-22H2,1-3H3/b14-7+,15-9+/t19-,20+/m1/s1. The van der Waals surface area contributed by atoms with Gasteiger partial charge < -0.3 is 10.5 Å². The van der Waals surface area contributed by atoms with Crippen LogP contribution in [0.1, 0.15) is 65.7 Å². The molecule has 5 heteroatoms. The van der Waals surface area contributed by atoms with Crippen molar-refractivity contribution in [1.82, 2.24) is 0 Å². The lowest BCUT2D eigenvalue weighted by molar-refractivity contribution is -0.154. The van der Waals surface area contributed by atoms with Crippen molar-refractivity contribution < 1.29 is 14.3 Å². The van der Waals surface area contributed by atoms with Gasteiger partial charge in [-0.05, 0) is 58.8 Å². The van der Waals surface area contributed by atoms with Crippen molar-refractivity contribution >= 4 is 19.8 Å². The molecule has 1 aliphatic carbocycles. The van der Waals surface area contributed by atoms with Crippen LogP contribution in [0.15, 0.2) is 34.9 Å². The van der Waals surface area contributed by atoms with E-state index in [9.17, 15) is 9.59 Å². The zero-order chi connectivity index (χ0) is 18.7. The number of fused-ring (bicyclic) bond motifs is 1. The highest BCUT2D eigenvalue weighted by Gasteiger charge is 2.64. The molecule has 0 aromatic rings. The molecule has 0 amide bonds. The highest BCUT2D eigenvalue weighted by Crippen LogP contribution is 2.52. The van der Waals surface area contributed by atoms with Gasteiger partial charge in [0.05, 0.1) is 5.31 Å². The van der Waals surface area contributed by atoms with E-state index in [2.05, 4.69) is 39.0 Å². The van der Waals surface area contributed by atoms with Crippen LogP contribution in [0, 0.1) is 0 Å². The molecule has 2 aliphatic rings. The summed E-state index contributed by atoms with van der Waals surface area (Å²) in [7, 11) is 1.74. The topological polar surface area (TPSA) is 69.4 Å². The number of carbonyl (C=O) groups is 2. The second-order valence-corrected chi connectivity index (χ2v) is 7.76. The number of hydrogen-bond acceptors (Lipinski definition) is 4. The van der Waals surface area contributed by atoms with Gasteiger partial charge in [-0.15, -0.1) is 0 Å². The summed E-state index contributed by atoms with van der Waals surface area (Å²) < 4.78 is 4.82. The van der Waals surface area contributed by atoms with Crippen molar-refractivity contribution in [3.8, 4) is 0 Å². The third-order valence-corrected chi connectivity index (χ3v) is 5.84. The summed E-state index contributed by atoms with van der Waals surface area (Å²) in [4.78, 5) is 24.0. The fourth-order valence-electron chi connectivity index (χ4n) is 3.49. The average Bonchev–Trinajstić information content (AvgIpc) is 2.74. The normalized spacial score (nSPS) is 30.2. The van der Waals surface area contributed by atoms with Gasteiger partial charge in [-0.3, -0.25) is 4.79 Å². The van der Waals surface area contributed by atoms with Gasteiger partial charge in [0.15, 0.2) is 0 Å². The number of rotatable bonds is 7. The van der Waals surface area contributed by atoms with Gasteiger partial charge in [0.2, 0.25) is 0 Å². The van der Waals surface area contributed by atoms with Crippen molar-refractivity contribution in [2.24, 2.45) is 5.73 Å². The molecular weight excluding hydrogens is 313 g/mol. The van der Waals surface area contributed by atoms with Gasteiger partial charge in [-0.25, -0.2) is 4.79 Å². The van der Waals surface area contributed by atoms with Crippen LogP contribution >= 0.6 is 0 Å². The highest BCUT2D eigenvalue weighted by atomic mass is 16.6. The van der Waals surface area contributed by atoms with Gasteiger partial charge in [0.1, 0.15) is 13.4 Å². The molecule has 0 aromatic carbocycles. The average molecular weight is 343 g/mol. The summed E-state index contributed by atoms with van der Waals surface area (Å²) in [5.74, 6) is -1.06. The number of carbonyl (C=O) groups excluding carboxylic acids is 2. The van der Waals surface area contributed by atoms with Crippen LogP contribution in [-0.4, -0.2) is 25.3 Å². The minimum absolute atomic E-state index is 0.416. The second kappa shape index (κ2) is 7.73. The monoisotopic (exact) mass is 343 g/mol. The quantitative estimate of drug-likeness (QED) is 0.334. The van der Waals surface area contributed by atoms with Crippen LogP contribution in [0.3, 0.4) is 0 Å². The van der Waals surface area contributed by atoms with E-state index in [4.69, 9.17) is 10.5 Å². The van der Waals surface area contributed by atoms with E-state index in [0.717, 1.165) is 37.7 Å². The van der Waals surface area contributed by atoms with Crippen LogP contribution in [0.5, 0.6) is 0 Å². The first-order chi connectivity index (χ1) is 11.7. The van der Waals surface area contributed by atoms with E-state index in [1.165, 1.54) is 11.1 Å². The van der Waals surface area contributed by atoms with E-state index in [1.807, 2.05) is 0 Å². The Morgan fingerprint density at radius 3 is 2.60 bits per heavy atom. The van der Waals surface area contributed by atoms with Crippen molar-refractivity contribution in [2.75, 3.05) is 0 Å². The fourth-order valence-corrected chi connectivity index (χ4v) is 3.49. The minimum Gasteiger partial charge on any atom is -0.392 e. The maximum Gasteiger partial charge on any atom is 0.334 e. The lowest BCUT2D eigenvalue weighted by Gasteiger charge is -2.38. The van der Waals surface area contributed by atoms with E-state index in [1.54, 1.807) is 7.85 Å². The van der Waals surface area contributed by atoms with Crippen LogP contribution in [0.2, 0.25) is 5.31 Å². The number of hydrogen-bond donors (Lipinski definition) is 1. The van der Waals surface area contributed by atoms with Crippen LogP contribution < -0.4 is 5.73 Å². The van der Waals surface area contributed by atoms with Gasteiger partial charge >= 0.3 is 11.9 Å². The molecular formula is C20H30BNO3. The van der Waals surface area contributed by atoms with Crippen molar-refractivity contribution in [2.45, 2.75) is 76.6 Å². The smallest absolute Gasteiger partial charge is 0.334 e. The van der Waals surface area contributed by atoms with E-state index < -0.39 is 22.8 Å². The molecule has 0 radical (unpaired) electrons. The SMILES string of the molecule is B[C@@]12CC=C(CC/C=C(\C)CC/C=C(\C)CC)C[C@]1(N)C(=O)OC2=O. The molecule has 25 heavy (non-hydrogen) atoms. The number of cyclic esters (lactones) is 2. The minimum atomic E-state index is -1.20. The molecule has 136 valence electrons. The summed E-state index contributed by atoms with van der Waals surface area (Å²) in [6.07, 6.45) is 12.6. The summed E-state index contributed by atoms with van der Waals surface area (Å²) in [5, 5.41) is -0.914. The van der Waals surface area contributed by atoms with Gasteiger partial charge in [0.25, 0.3) is 0 Å². The third kappa shape index (κ3) is 3.97. The van der Waals surface area contributed by atoms with Gasteiger partial charge in [-0.2, -0.15) is 0 Å². The molecule has 2 N–H and O–H groups in total. The summed E-state index contributed by atoms with van der Waals surface area (Å²) in [5.41, 5.74) is 9.08. The molecule has 2 atom stereocenters. The van der Waals surface area contributed by atoms with Crippen LogP contribution in [0.4, 0.5) is 0 Å². The Balaban J connectivity index is 1.89. The van der Waals surface area contributed by atoms with Gasteiger partial charge in [0, 0.05) is 0 Å². The molecule has 1 heterocycles. The molecule has 0 bridgehead atoms. The number of esters is 2. The first kappa shape index (κ1) is 19.7. The second-order valence-electron chi connectivity index (χ2n) is 7.76. The van der Waals surface area contributed by atoms with E-state index >= 15 is 0 Å². The maximum atomic E-state index is 12.1. The summed E-state index contributed by atoms with van der Waals surface area (Å²) >= 11 is 0. The van der Waals surface area contributed by atoms with Crippen molar-refractivity contribution in [3.63, 3.8) is 0 Å². The largest absolute Gasteiger partial charge is 0.392 e. The molecule has 0 aromatic heterocycles. The summed E-state index contributed by atoms with van der Waals surface area (Å²) in [6, 6.07) is 0. The van der Waals surface area contributed by atoms with Crippen molar-refractivity contribution in [3.05, 3.63) is 34.9 Å². The van der Waals surface area contributed by atoms with Gasteiger partial charge in [-0.1, -0.05) is 41.9 Å². The maximum absolute atomic E-state index is 12.1. The predicted octanol–water partition coefficient (Wildman–Crippen LogP) is 3.14. The lowest BCUT2D eigenvalue weighted by atomic mass is 9.52. The Kier molecular flexibility index (Phi) is 6.10. The molecule has 4 nitrogen and oxygen atoms in total. The number of allylic oxidation sites excluding steroid dienone is 5. The molecule has 1 fully saturated rings. The molecule has 1 aliphatic heterocycles. The third-order valence-electron chi connectivity index (χ3n) is 5.84. The Hall–Kier alpha value is -1.62. The van der Waals surface area contributed by atoms with Crippen LogP contribution in [-0.2, 0) is 14.3 Å².